The van der Waals surface area contributed by atoms with Crippen molar-refractivity contribution >= 4 is 23.4 Å². The molecule has 7 nitrogen and oxygen atoms in total. The predicted molar refractivity (Wildman–Crippen MR) is 149 cm³/mol. The summed E-state index contributed by atoms with van der Waals surface area (Å²) >= 11 is 1.26. The summed E-state index contributed by atoms with van der Waals surface area (Å²) in [5.41, 5.74) is 4.74. The first-order valence-electron chi connectivity index (χ1n) is 12.5. The van der Waals surface area contributed by atoms with Crippen LogP contribution >= 0.6 is 11.3 Å². The molecular formula is C30H28FN3O4S. The number of carbonyl (C=O) groups is 1. The number of aryl methyl sites for hydroxylation is 1. The van der Waals surface area contributed by atoms with Gasteiger partial charge in [0.25, 0.3) is 5.56 Å². The van der Waals surface area contributed by atoms with E-state index in [-0.39, 0.29) is 18.0 Å². The average Bonchev–Trinajstić information content (AvgIpc) is 3.37. The van der Waals surface area contributed by atoms with Crippen LogP contribution in [0.1, 0.15) is 42.4 Å². The van der Waals surface area contributed by atoms with Gasteiger partial charge in [-0.15, -0.1) is 0 Å². The Hall–Kier alpha value is -4.24. The number of carbonyl (C=O) groups excluding carboxylic acids is 1. The van der Waals surface area contributed by atoms with Gasteiger partial charge >= 0.3 is 5.97 Å². The van der Waals surface area contributed by atoms with Crippen molar-refractivity contribution < 1.29 is 18.7 Å². The Labute approximate surface area is 228 Å². The summed E-state index contributed by atoms with van der Waals surface area (Å²) < 4.78 is 28.5. The van der Waals surface area contributed by atoms with Crippen molar-refractivity contribution in [2.45, 2.75) is 33.7 Å². The number of nitrogens with zero attached hydrogens (tertiary/aromatic N) is 3. The van der Waals surface area contributed by atoms with Gasteiger partial charge in [0.05, 0.1) is 29.5 Å². The number of hydrogen-bond donors (Lipinski definition) is 0. The van der Waals surface area contributed by atoms with Crippen LogP contribution in [0, 0.1) is 19.7 Å². The quantitative estimate of drug-likeness (QED) is 0.338. The molecule has 4 aromatic rings. The van der Waals surface area contributed by atoms with Crippen molar-refractivity contribution in [3.63, 3.8) is 0 Å². The Bertz CT molecular complexity index is 1790. The zero-order valence-corrected chi connectivity index (χ0v) is 23.1. The highest BCUT2D eigenvalue weighted by molar-refractivity contribution is 7.07. The molecule has 3 heterocycles. The van der Waals surface area contributed by atoms with E-state index in [4.69, 9.17) is 9.47 Å². The summed E-state index contributed by atoms with van der Waals surface area (Å²) in [7, 11) is 1.56. The van der Waals surface area contributed by atoms with E-state index in [0.717, 1.165) is 22.6 Å². The number of para-hydroxylation sites is 1. The van der Waals surface area contributed by atoms with Gasteiger partial charge in [0.2, 0.25) is 0 Å². The minimum atomic E-state index is -0.759. The van der Waals surface area contributed by atoms with E-state index in [1.165, 1.54) is 23.5 Å². The summed E-state index contributed by atoms with van der Waals surface area (Å²) in [4.78, 5) is 32.2. The lowest BCUT2D eigenvalue weighted by Crippen LogP contribution is -2.40. The number of benzene rings is 2. The van der Waals surface area contributed by atoms with Crippen molar-refractivity contribution in [1.29, 1.82) is 0 Å². The molecule has 1 aliphatic rings. The van der Waals surface area contributed by atoms with Crippen LogP contribution in [0.4, 0.5) is 4.39 Å². The lowest BCUT2D eigenvalue weighted by atomic mass is 9.95. The first-order chi connectivity index (χ1) is 18.7. The smallest absolute Gasteiger partial charge is 0.338 e. The van der Waals surface area contributed by atoms with Crippen molar-refractivity contribution in [3.05, 3.63) is 114 Å². The Morgan fingerprint density at radius 1 is 1.13 bits per heavy atom. The van der Waals surface area contributed by atoms with Crippen LogP contribution < -0.4 is 19.6 Å². The molecular weight excluding hydrogens is 517 g/mol. The average molecular weight is 546 g/mol. The molecule has 200 valence electrons. The maximum Gasteiger partial charge on any atom is 0.338 e. The second-order valence-corrected chi connectivity index (χ2v) is 10.2. The molecule has 0 saturated carbocycles. The highest BCUT2D eigenvalue weighted by Gasteiger charge is 2.35. The van der Waals surface area contributed by atoms with Gasteiger partial charge in [0.1, 0.15) is 17.6 Å². The number of thiazole rings is 1. The van der Waals surface area contributed by atoms with Crippen LogP contribution in [0.3, 0.4) is 0 Å². The molecule has 0 amide bonds. The maximum atomic E-state index is 14.0. The van der Waals surface area contributed by atoms with E-state index in [1.54, 1.807) is 43.7 Å². The second kappa shape index (κ2) is 10.5. The number of allylic oxidation sites excluding steroid dienone is 1. The molecule has 9 heteroatoms. The number of methoxy groups -OCH3 is 1. The van der Waals surface area contributed by atoms with Crippen molar-refractivity contribution in [1.82, 2.24) is 9.13 Å². The zero-order valence-electron chi connectivity index (χ0n) is 22.3. The van der Waals surface area contributed by atoms with E-state index in [9.17, 15) is 14.0 Å². The van der Waals surface area contributed by atoms with E-state index < -0.39 is 12.0 Å². The van der Waals surface area contributed by atoms with Gasteiger partial charge in [-0.1, -0.05) is 29.5 Å². The minimum Gasteiger partial charge on any atom is -0.496 e. The first kappa shape index (κ1) is 26.4. The third-order valence-corrected chi connectivity index (χ3v) is 7.78. The van der Waals surface area contributed by atoms with Gasteiger partial charge in [-0.25, -0.2) is 14.2 Å². The SMILES string of the molecule is CCOC(=O)C1=C(C)N=c2s/c(=C/c3cc(C)n(-c4ccc(F)cc4)c3C)c(=O)n2C1c1ccccc1OC. The van der Waals surface area contributed by atoms with Crippen molar-refractivity contribution in [2.24, 2.45) is 4.99 Å². The molecule has 0 fully saturated rings. The third kappa shape index (κ3) is 4.63. The predicted octanol–water partition coefficient (Wildman–Crippen LogP) is 4.35. The number of ether oxygens (including phenoxy) is 2. The zero-order chi connectivity index (χ0) is 27.8. The van der Waals surface area contributed by atoms with E-state index in [0.29, 0.717) is 31.9 Å². The largest absolute Gasteiger partial charge is 0.496 e. The molecule has 0 aliphatic carbocycles. The summed E-state index contributed by atoms with van der Waals surface area (Å²) in [6, 6.07) is 14.8. The Balaban J connectivity index is 1.71. The molecule has 5 rings (SSSR count). The van der Waals surface area contributed by atoms with Crippen molar-refractivity contribution in [2.75, 3.05) is 13.7 Å². The molecule has 0 spiro atoms. The fourth-order valence-corrected chi connectivity index (χ4v) is 6.08. The lowest BCUT2D eigenvalue weighted by molar-refractivity contribution is -0.139. The minimum absolute atomic E-state index is 0.197. The number of fused-ring (bicyclic) bond motifs is 1. The fourth-order valence-electron chi connectivity index (χ4n) is 5.04. The fraction of sp³-hybridized carbons (Fsp3) is 0.233. The van der Waals surface area contributed by atoms with Crippen LogP contribution in [0.25, 0.3) is 11.8 Å². The Kier molecular flexibility index (Phi) is 7.10. The molecule has 0 saturated heterocycles. The molecule has 0 radical (unpaired) electrons. The van der Waals surface area contributed by atoms with E-state index in [2.05, 4.69) is 4.99 Å². The Morgan fingerprint density at radius 3 is 2.54 bits per heavy atom. The summed E-state index contributed by atoms with van der Waals surface area (Å²) in [5.74, 6) is -0.271. The van der Waals surface area contributed by atoms with Crippen molar-refractivity contribution in [3.8, 4) is 11.4 Å². The molecule has 0 bridgehead atoms. The standard InChI is InChI=1S/C30H28FN3O4S/c1-6-38-29(36)26-18(3)32-30-34(27(26)23-9-7-8-10-24(23)37-5)28(35)25(39-30)16-20-15-17(2)33(19(20)4)22-13-11-21(31)12-14-22/h7-16,27H,6H2,1-5H3/b25-16+. The van der Waals surface area contributed by atoms with Gasteiger partial charge in [0, 0.05) is 22.6 Å². The second-order valence-electron chi connectivity index (χ2n) is 9.18. The van der Waals surface area contributed by atoms with Gasteiger partial charge in [0.15, 0.2) is 4.80 Å². The molecule has 1 unspecified atom stereocenters. The molecule has 2 aromatic carbocycles. The van der Waals surface area contributed by atoms with Crippen LogP contribution in [-0.2, 0) is 9.53 Å². The van der Waals surface area contributed by atoms with E-state index in [1.807, 2.05) is 48.8 Å². The highest BCUT2D eigenvalue weighted by Crippen LogP contribution is 2.35. The number of rotatable bonds is 6. The molecule has 1 atom stereocenters. The topological polar surface area (TPSA) is 74.8 Å². The molecule has 39 heavy (non-hydrogen) atoms. The summed E-state index contributed by atoms with van der Waals surface area (Å²) in [6.07, 6.45) is 1.84. The monoisotopic (exact) mass is 545 g/mol. The molecule has 1 aliphatic heterocycles. The van der Waals surface area contributed by atoms with Gasteiger partial charge < -0.3 is 14.0 Å². The lowest BCUT2D eigenvalue weighted by Gasteiger charge is -2.25. The van der Waals surface area contributed by atoms with Crippen LogP contribution in [0.5, 0.6) is 5.75 Å². The van der Waals surface area contributed by atoms with Gasteiger partial charge in [-0.3, -0.25) is 9.36 Å². The maximum absolute atomic E-state index is 14.0. The number of aromatic nitrogens is 2. The van der Waals surface area contributed by atoms with Gasteiger partial charge in [-0.2, -0.15) is 0 Å². The first-order valence-corrected chi connectivity index (χ1v) is 13.3. The highest BCUT2D eigenvalue weighted by atomic mass is 32.1. The van der Waals surface area contributed by atoms with Crippen LogP contribution in [-0.4, -0.2) is 28.8 Å². The van der Waals surface area contributed by atoms with E-state index >= 15 is 0 Å². The number of hydrogen-bond acceptors (Lipinski definition) is 6. The third-order valence-electron chi connectivity index (χ3n) is 6.79. The van der Waals surface area contributed by atoms with Crippen LogP contribution in [0.2, 0.25) is 0 Å². The number of esters is 1. The molecule has 2 aromatic heterocycles. The van der Waals surface area contributed by atoms with Crippen LogP contribution in [0.15, 0.2) is 75.7 Å². The summed E-state index contributed by atoms with van der Waals surface area (Å²) in [6.45, 7) is 7.61. The Morgan fingerprint density at radius 2 is 1.85 bits per heavy atom. The normalized spacial score (nSPS) is 15.2. The molecule has 0 N–H and O–H groups in total. The van der Waals surface area contributed by atoms with Gasteiger partial charge in [-0.05, 0) is 75.7 Å². The summed E-state index contributed by atoms with van der Waals surface area (Å²) in [5, 5.41) is 0. The number of halogens is 1.